The average molecular weight is 466 g/mol. The van der Waals surface area contributed by atoms with Crippen molar-refractivity contribution >= 4 is 22.3 Å². The molecule has 3 atom stereocenters. The zero-order valence-electron chi connectivity index (χ0n) is 22.7. The number of methoxy groups -OCH3 is 1. The monoisotopic (exact) mass is 465 g/mol. The predicted molar refractivity (Wildman–Crippen MR) is 146 cm³/mol. The minimum Gasteiger partial charge on any atom is -0.381 e. The van der Waals surface area contributed by atoms with Crippen molar-refractivity contribution in [3.8, 4) is 0 Å². The van der Waals surface area contributed by atoms with Crippen molar-refractivity contribution in [2.75, 3.05) is 7.11 Å². The number of fused-ring (bicyclic) bond motifs is 1. The van der Waals surface area contributed by atoms with E-state index in [0.29, 0.717) is 29.7 Å². The molecule has 1 fully saturated rings. The Morgan fingerprint density at radius 2 is 1.85 bits per heavy atom. The van der Waals surface area contributed by atoms with Crippen molar-refractivity contribution in [3.05, 3.63) is 35.7 Å². The van der Waals surface area contributed by atoms with Gasteiger partial charge in [0.25, 0.3) is 0 Å². The summed E-state index contributed by atoms with van der Waals surface area (Å²) >= 11 is 0. The summed E-state index contributed by atoms with van der Waals surface area (Å²) in [6.07, 6.45) is 11.8. The lowest BCUT2D eigenvalue weighted by Gasteiger charge is -2.32. The molecule has 1 aromatic heterocycles. The van der Waals surface area contributed by atoms with Gasteiger partial charge < -0.3 is 14.7 Å². The molecule has 2 aromatic rings. The molecule has 3 rings (SSSR count). The standard InChI is InChI=1S/C30H47N3O/c1-8-20(4)11-17-27(21(5)9-2)30-32-28-19-23(26(10-3)22(6)31)12-18-29(28)33(30)24-13-15-25(34-7)16-14-24/h10,12,18-21,24-25,27,31H,8-9,11,13-17H2,1-7H3/b26-10-,31-22?/t20-,21-,24?,25?,27?/m1/s1. The van der Waals surface area contributed by atoms with E-state index < -0.39 is 0 Å². The first-order valence-corrected chi connectivity index (χ1v) is 13.6. The Balaban J connectivity index is 2.11. The van der Waals surface area contributed by atoms with Crippen molar-refractivity contribution in [2.45, 2.75) is 111 Å². The highest BCUT2D eigenvalue weighted by molar-refractivity contribution is 6.21. The Hall–Kier alpha value is -1.94. The van der Waals surface area contributed by atoms with Crippen LogP contribution in [0.5, 0.6) is 0 Å². The normalized spacial score (nSPS) is 22.0. The number of imidazole rings is 1. The Labute approximate surface area is 207 Å². The van der Waals surface area contributed by atoms with Gasteiger partial charge in [0.15, 0.2) is 0 Å². The molecule has 0 spiro atoms. The van der Waals surface area contributed by atoms with Crippen molar-refractivity contribution in [2.24, 2.45) is 11.8 Å². The zero-order valence-corrected chi connectivity index (χ0v) is 22.7. The van der Waals surface area contributed by atoms with Gasteiger partial charge in [-0.1, -0.05) is 59.1 Å². The fraction of sp³-hybridized carbons (Fsp3) is 0.667. The van der Waals surface area contributed by atoms with E-state index in [2.05, 4.69) is 50.5 Å². The van der Waals surface area contributed by atoms with Crippen LogP contribution in [0.3, 0.4) is 0 Å². The number of benzene rings is 1. The minimum absolute atomic E-state index is 0.393. The van der Waals surface area contributed by atoms with Crippen LogP contribution in [0.4, 0.5) is 0 Å². The molecule has 1 aliphatic rings. The molecule has 34 heavy (non-hydrogen) atoms. The maximum Gasteiger partial charge on any atom is 0.113 e. The fourth-order valence-electron chi connectivity index (χ4n) is 5.69. The lowest BCUT2D eigenvalue weighted by molar-refractivity contribution is 0.0582. The van der Waals surface area contributed by atoms with Gasteiger partial charge in [-0.15, -0.1) is 0 Å². The van der Waals surface area contributed by atoms with E-state index in [-0.39, 0.29) is 0 Å². The molecule has 0 aliphatic heterocycles. The number of nitrogens with one attached hydrogen (secondary N) is 1. The maximum atomic E-state index is 8.20. The highest BCUT2D eigenvalue weighted by atomic mass is 16.5. The van der Waals surface area contributed by atoms with E-state index in [4.69, 9.17) is 15.1 Å². The summed E-state index contributed by atoms with van der Waals surface area (Å²) in [6, 6.07) is 7.15. The van der Waals surface area contributed by atoms with Gasteiger partial charge in [0.2, 0.25) is 0 Å². The van der Waals surface area contributed by atoms with Crippen LogP contribution < -0.4 is 0 Å². The quantitative estimate of drug-likeness (QED) is 0.338. The lowest BCUT2D eigenvalue weighted by atomic mass is 9.84. The summed E-state index contributed by atoms with van der Waals surface area (Å²) in [6.45, 7) is 13.3. The van der Waals surface area contributed by atoms with Crippen LogP contribution in [0.1, 0.15) is 116 Å². The highest BCUT2D eigenvalue weighted by Gasteiger charge is 2.30. The number of allylic oxidation sites excluding steroid dienone is 2. The molecule has 1 aromatic carbocycles. The van der Waals surface area contributed by atoms with Crippen molar-refractivity contribution in [1.82, 2.24) is 9.55 Å². The number of rotatable bonds is 11. The second-order valence-corrected chi connectivity index (χ2v) is 10.6. The van der Waals surface area contributed by atoms with Gasteiger partial charge in [-0.3, -0.25) is 0 Å². The van der Waals surface area contributed by atoms with Gasteiger partial charge in [-0.05, 0) is 81.1 Å². The molecule has 0 amide bonds. The number of aromatic nitrogens is 2. The molecule has 4 nitrogen and oxygen atoms in total. The smallest absolute Gasteiger partial charge is 0.113 e. The Kier molecular flexibility index (Phi) is 9.53. The largest absolute Gasteiger partial charge is 0.381 e. The van der Waals surface area contributed by atoms with E-state index in [9.17, 15) is 0 Å². The third-order valence-electron chi connectivity index (χ3n) is 8.39. The molecule has 0 radical (unpaired) electrons. The van der Waals surface area contributed by atoms with E-state index in [1.54, 1.807) is 0 Å². The first kappa shape index (κ1) is 26.7. The van der Waals surface area contributed by atoms with E-state index in [0.717, 1.165) is 48.3 Å². The van der Waals surface area contributed by atoms with Gasteiger partial charge in [-0.25, -0.2) is 4.98 Å². The topological polar surface area (TPSA) is 50.9 Å². The van der Waals surface area contributed by atoms with Crippen molar-refractivity contribution < 1.29 is 4.74 Å². The molecule has 4 heteroatoms. The lowest BCUT2D eigenvalue weighted by Crippen LogP contribution is -2.25. The predicted octanol–water partition coefficient (Wildman–Crippen LogP) is 8.57. The molecule has 0 saturated heterocycles. The van der Waals surface area contributed by atoms with Crippen molar-refractivity contribution in [1.29, 1.82) is 5.41 Å². The first-order valence-electron chi connectivity index (χ1n) is 13.6. The zero-order chi connectivity index (χ0) is 24.8. The van der Waals surface area contributed by atoms with Crippen LogP contribution in [-0.4, -0.2) is 28.5 Å². The summed E-state index contributed by atoms with van der Waals surface area (Å²) in [5.74, 6) is 3.12. The van der Waals surface area contributed by atoms with Crippen LogP contribution in [-0.2, 0) is 4.74 Å². The SMILES string of the molecule is C/C=C(/C(C)=N)c1ccc2c(c1)nc(C(CC[C@H](C)CC)[C@H](C)CC)n2C1CCC(OC)CC1. The summed E-state index contributed by atoms with van der Waals surface area (Å²) in [5, 5.41) is 8.20. The molecule has 1 heterocycles. The van der Waals surface area contributed by atoms with Crippen LogP contribution in [0, 0.1) is 17.2 Å². The molecule has 0 bridgehead atoms. The molecular weight excluding hydrogens is 418 g/mol. The summed E-state index contributed by atoms with van der Waals surface area (Å²) in [7, 11) is 1.85. The number of ether oxygens (including phenoxy) is 1. The average Bonchev–Trinajstić information content (AvgIpc) is 3.22. The molecule has 1 saturated carbocycles. The third kappa shape index (κ3) is 5.82. The van der Waals surface area contributed by atoms with E-state index in [1.165, 1.54) is 37.0 Å². The first-order chi connectivity index (χ1) is 16.3. The summed E-state index contributed by atoms with van der Waals surface area (Å²) < 4.78 is 8.30. The Morgan fingerprint density at radius 3 is 2.41 bits per heavy atom. The van der Waals surface area contributed by atoms with Gasteiger partial charge >= 0.3 is 0 Å². The number of hydrogen-bond acceptors (Lipinski definition) is 3. The van der Waals surface area contributed by atoms with E-state index in [1.807, 2.05) is 27.0 Å². The number of nitrogens with zero attached hydrogens (tertiary/aromatic N) is 2. The van der Waals surface area contributed by atoms with Gasteiger partial charge in [-0.2, -0.15) is 0 Å². The van der Waals surface area contributed by atoms with E-state index >= 15 is 0 Å². The maximum absolute atomic E-state index is 8.20. The second-order valence-electron chi connectivity index (χ2n) is 10.6. The summed E-state index contributed by atoms with van der Waals surface area (Å²) in [5.41, 5.74) is 5.04. The van der Waals surface area contributed by atoms with Crippen LogP contribution in [0.15, 0.2) is 24.3 Å². The third-order valence-corrected chi connectivity index (χ3v) is 8.39. The molecule has 1 unspecified atom stereocenters. The van der Waals surface area contributed by atoms with Gasteiger partial charge in [0.1, 0.15) is 5.82 Å². The number of hydrogen-bond donors (Lipinski definition) is 1. The minimum atomic E-state index is 0.393. The van der Waals surface area contributed by atoms with Crippen molar-refractivity contribution in [3.63, 3.8) is 0 Å². The Bertz CT molecular complexity index is 980. The van der Waals surface area contributed by atoms with Crippen LogP contribution in [0.2, 0.25) is 0 Å². The highest BCUT2D eigenvalue weighted by Crippen LogP contribution is 2.40. The molecule has 188 valence electrons. The Morgan fingerprint density at radius 1 is 1.15 bits per heavy atom. The molecular formula is C30H47N3O. The molecule has 1 aliphatic carbocycles. The van der Waals surface area contributed by atoms with Crippen LogP contribution >= 0.6 is 0 Å². The summed E-state index contributed by atoms with van der Waals surface area (Å²) in [4.78, 5) is 5.37. The van der Waals surface area contributed by atoms with Gasteiger partial charge in [0.05, 0.1) is 17.1 Å². The molecule has 1 N–H and O–H groups in total. The fourth-order valence-corrected chi connectivity index (χ4v) is 5.69. The second kappa shape index (κ2) is 12.2. The van der Waals surface area contributed by atoms with Gasteiger partial charge in [0, 0.05) is 24.8 Å². The van der Waals surface area contributed by atoms with Crippen LogP contribution in [0.25, 0.3) is 16.6 Å².